The van der Waals surface area contributed by atoms with Gasteiger partial charge in [-0.2, -0.15) is 8.78 Å². The van der Waals surface area contributed by atoms with Gasteiger partial charge in [0.25, 0.3) is 0 Å². The van der Waals surface area contributed by atoms with Gasteiger partial charge in [-0.25, -0.2) is 13.8 Å². The zero-order valence-electron chi connectivity index (χ0n) is 7.94. The van der Waals surface area contributed by atoms with Crippen molar-refractivity contribution in [3.8, 4) is 0 Å². The summed E-state index contributed by atoms with van der Waals surface area (Å²) in [7, 11) is 0. The van der Waals surface area contributed by atoms with Crippen molar-refractivity contribution >= 4 is 11.3 Å². The number of halogens is 4. The van der Waals surface area contributed by atoms with Gasteiger partial charge in [0.1, 0.15) is 5.01 Å². The molecule has 1 rings (SSSR count). The van der Waals surface area contributed by atoms with Crippen LogP contribution in [0.2, 0.25) is 0 Å². The normalized spacial score (nSPS) is 12.4. The average molecular weight is 242 g/mol. The maximum atomic E-state index is 12.4. The summed E-state index contributed by atoms with van der Waals surface area (Å²) in [6.45, 7) is 0.817. The van der Waals surface area contributed by atoms with Gasteiger partial charge in [-0.1, -0.05) is 0 Å². The molecule has 0 saturated carbocycles. The van der Waals surface area contributed by atoms with Gasteiger partial charge in [0.05, 0.1) is 6.54 Å². The Bertz CT molecular complexity index is 313. The quantitative estimate of drug-likeness (QED) is 0.802. The molecule has 1 aromatic heterocycles. The van der Waals surface area contributed by atoms with Crippen LogP contribution >= 0.6 is 11.3 Å². The van der Waals surface area contributed by atoms with Crippen molar-refractivity contribution in [1.29, 1.82) is 0 Å². The number of hydrogen-bond donors (Lipinski definition) is 1. The standard InChI is InChI=1S/C8H10F4N2S/c1-5-3-15-6(14-5)2-13-4-8(11,12)7(9)10/h3,7,13H,2,4H2,1H3. The van der Waals surface area contributed by atoms with Crippen molar-refractivity contribution in [3.05, 3.63) is 16.1 Å². The second-order valence-electron chi connectivity index (χ2n) is 3.05. The van der Waals surface area contributed by atoms with Crippen LogP contribution in [-0.4, -0.2) is 23.9 Å². The van der Waals surface area contributed by atoms with E-state index in [9.17, 15) is 17.6 Å². The van der Waals surface area contributed by atoms with Crippen molar-refractivity contribution in [2.24, 2.45) is 0 Å². The number of nitrogens with one attached hydrogen (secondary N) is 1. The molecule has 15 heavy (non-hydrogen) atoms. The molecule has 0 spiro atoms. The summed E-state index contributed by atoms with van der Waals surface area (Å²) in [5.41, 5.74) is 0.789. The molecule has 1 aromatic rings. The third-order valence-corrected chi connectivity index (χ3v) is 2.59. The number of thiazole rings is 1. The average Bonchev–Trinajstić information content (AvgIpc) is 2.51. The number of hydrogen-bond acceptors (Lipinski definition) is 3. The molecule has 2 nitrogen and oxygen atoms in total. The molecular weight excluding hydrogens is 232 g/mol. The number of nitrogens with zero attached hydrogens (tertiary/aromatic N) is 1. The number of alkyl halides is 4. The van der Waals surface area contributed by atoms with Crippen LogP contribution in [0.25, 0.3) is 0 Å². The van der Waals surface area contributed by atoms with Gasteiger partial charge in [0.15, 0.2) is 0 Å². The first kappa shape index (κ1) is 12.4. The molecule has 7 heteroatoms. The summed E-state index contributed by atoms with van der Waals surface area (Å²) in [6, 6.07) is 0. The lowest BCUT2D eigenvalue weighted by Crippen LogP contribution is -2.38. The van der Waals surface area contributed by atoms with Gasteiger partial charge in [0.2, 0.25) is 0 Å². The van der Waals surface area contributed by atoms with Gasteiger partial charge in [0, 0.05) is 17.6 Å². The minimum absolute atomic E-state index is 0.0841. The molecule has 0 fully saturated rings. The fourth-order valence-electron chi connectivity index (χ4n) is 0.897. The van der Waals surface area contributed by atoms with Crippen LogP contribution in [-0.2, 0) is 6.54 Å². The van der Waals surface area contributed by atoms with Crippen LogP contribution in [0.4, 0.5) is 17.6 Å². The maximum absolute atomic E-state index is 12.4. The Hall–Kier alpha value is -0.690. The lowest BCUT2D eigenvalue weighted by atomic mass is 10.3. The lowest BCUT2D eigenvalue weighted by molar-refractivity contribution is -0.125. The Morgan fingerprint density at radius 3 is 2.67 bits per heavy atom. The van der Waals surface area contributed by atoms with E-state index in [4.69, 9.17) is 0 Å². The number of aryl methyl sites for hydroxylation is 1. The van der Waals surface area contributed by atoms with Crippen LogP contribution in [0, 0.1) is 6.92 Å². The van der Waals surface area contributed by atoms with E-state index in [1.165, 1.54) is 11.3 Å². The largest absolute Gasteiger partial charge is 0.319 e. The van der Waals surface area contributed by atoms with Crippen LogP contribution in [0.3, 0.4) is 0 Å². The van der Waals surface area contributed by atoms with Crippen LogP contribution in [0.5, 0.6) is 0 Å². The zero-order valence-corrected chi connectivity index (χ0v) is 8.75. The van der Waals surface area contributed by atoms with E-state index in [2.05, 4.69) is 10.3 Å². The Kier molecular flexibility index (Phi) is 4.04. The van der Waals surface area contributed by atoms with Crippen molar-refractivity contribution in [2.45, 2.75) is 25.8 Å². The highest BCUT2D eigenvalue weighted by Gasteiger charge is 2.39. The summed E-state index contributed by atoms with van der Waals surface area (Å²) in [6.07, 6.45) is -3.64. The Balaban J connectivity index is 2.33. The Morgan fingerprint density at radius 1 is 1.53 bits per heavy atom. The van der Waals surface area contributed by atoms with Gasteiger partial charge in [-0.15, -0.1) is 11.3 Å². The Labute approximate surface area is 88.3 Å². The van der Waals surface area contributed by atoms with Crippen LogP contribution in [0.15, 0.2) is 5.38 Å². The highest BCUT2D eigenvalue weighted by Crippen LogP contribution is 2.21. The molecule has 0 aliphatic rings. The lowest BCUT2D eigenvalue weighted by Gasteiger charge is -2.14. The van der Waals surface area contributed by atoms with E-state index in [0.717, 1.165) is 5.69 Å². The van der Waals surface area contributed by atoms with Gasteiger partial charge in [-0.05, 0) is 6.92 Å². The molecule has 0 aliphatic carbocycles. The molecular formula is C8H10F4N2S. The fraction of sp³-hybridized carbons (Fsp3) is 0.625. The van der Waals surface area contributed by atoms with Crippen LogP contribution in [0.1, 0.15) is 10.7 Å². The minimum atomic E-state index is -3.98. The molecule has 0 amide bonds. The first-order valence-corrected chi connectivity index (χ1v) is 5.07. The molecule has 0 aromatic carbocycles. The summed E-state index contributed by atoms with van der Waals surface area (Å²) < 4.78 is 48.3. The first-order chi connectivity index (χ1) is 6.92. The third-order valence-electron chi connectivity index (χ3n) is 1.62. The molecule has 0 radical (unpaired) electrons. The molecule has 86 valence electrons. The van der Waals surface area contributed by atoms with E-state index in [-0.39, 0.29) is 6.54 Å². The van der Waals surface area contributed by atoms with E-state index in [1.807, 2.05) is 0 Å². The van der Waals surface area contributed by atoms with E-state index in [1.54, 1.807) is 12.3 Å². The summed E-state index contributed by atoms with van der Waals surface area (Å²) >= 11 is 1.30. The van der Waals surface area contributed by atoms with Crippen LogP contribution < -0.4 is 5.32 Å². The van der Waals surface area contributed by atoms with E-state index < -0.39 is 18.9 Å². The Morgan fingerprint density at radius 2 is 2.20 bits per heavy atom. The first-order valence-electron chi connectivity index (χ1n) is 4.19. The monoisotopic (exact) mass is 242 g/mol. The highest BCUT2D eigenvalue weighted by molar-refractivity contribution is 7.09. The van der Waals surface area contributed by atoms with Gasteiger partial charge >= 0.3 is 12.3 Å². The van der Waals surface area contributed by atoms with Crippen molar-refractivity contribution < 1.29 is 17.6 Å². The number of aromatic nitrogens is 1. The molecule has 0 atom stereocenters. The molecule has 0 unspecified atom stereocenters. The summed E-state index contributed by atoms with van der Waals surface area (Å²) in [5, 5.41) is 4.63. The second-order valence-corrected chi connectivity index (χ2v) is 3.99. The van der Waals surface area contributed by atoms with E-state index >= 15 is 0 Å². The second kappa shape index (κ2) is 4.89. The van der Waals surface area contributed by atoms with E-state index in [0.29, 0.717) is 5.01 Å². The van der Waals surface area contributed by atoms with Crippen molar-refractivity contribution in [2.75, 3.05) is 6.54 Å². The topological polar surface area (TPSA) is 24.9 Å². The van der Waals surface area contributed by atoms with Crippen molar-refractivity contribution in [3.63, 3.8) is 0 Å². The predicted octanol–water partition coefficient (Wildman–Crippen LogP) is 2.44. The zero-order chi connectivity index (χ0) is 11.5. The smallest absolute Gasteiger partial charge is 0.305 e. The molecule has 1 heterocycles. The van der Waals surface area contributed by atoms with Crippen molar-refractivity contribution in [1.82, 2.24) is 10.3 Å². The number of rotatable bonds is 5. The predicted molar refractivity (Wildman–Crippen MR) is 49.5 cm³/mol. The maximum Gasteiger partial charge on any atom is 0.319 e. The fourth-order valence-corrected chi connectivity index (χ4v) is 1.64. The molecule has 0 bridgehead atoms. The molecule has 0 aliphatic heterocycles. The minimum Gasteiger partial charge on any atom is -0.305 e. The molecule has 0 saturated heterocycles. The SMILES string of the molecule is Cc1csc(CNCC(F)(F)C(F)F)n1. The molecule has 1 N–H and O–H groups in total. The summed E-state index contributed by atoms with van der Waals surface area (Å²) in [5.74, 6) is -3.98. The van der Waals surface area contributed by atoms with Gasteiger partial charge < -0.3 is 5.32 Å². The summed E-state index contributed by atoms with van der Waals surface area (Å²) in [4.78, 5) is 4.00. The third kappa shape index (κ3) is 3.75. The van der Waals surface area contributed by atoms with Gasteiger partial charge in [-0.3, -0.25) is 0 Å². The highest BCUT2D eigenvalue weighted by atomic mass is 32.1.